The van der Waals surface area contributed by atoms with Crippen molar-refractivity contribution in [1.29, 1.82) is 0 Å². The molecule has 0 bridgehead atoms. The number of nitrogens with zero attached hydrogens (tertiary/aromatic N) is 1. The average molecular weight is 370 g/mol. The molecule has 1 unspecified atom stereocenters. The van der Waals surface area contributed by atoms with E-state index in [-0.39, 0.29) is 0 Å². The number of aldehydes is 1. The highest BCUT2D eigenvalue weighted by molar-refractivity contribution is 5.67. The molecule has 0 aliphatic carbocycles. The molecule has 0 amide bonds. The fourth-order valence-electron chi connectivity index (χ4n) is 4.22. The third kappa shape index (κ3) is 3.64. The van der Waals surface area contributed by atoms with Crippen molar-refractivity contribution in [3.63, 3.8) is 0 Å². The summed E-state index contributed by atoms with van der Waals surface area (Å²) >= 11 is 0. The SMILES string of the molecule is NC(C=O)(c1ccccc1)N1CCC(c2cccc(-c3ccccc3)c2)CC1. The molecule has 3 aromatic rings. The number of hydrogen-bond acceptors (Lipinski definition) is 3. The van der Waals surface area contributed by atoms with Crippen LogP contribution in [0.15, 0.2) is 84.9 Å². The summed E-state index contributed by atoms with van der Waals surface area (Å²) in [6.45, 7) is 1.62. The number of benzene rings is 3. The van der Waals surface area contributed by atoms with Gasteiger partial charge in [-0.1, -0.05) is 84.9 Å². The molecule has 1 saturated heterocycles. The van der Waals surface area contributed by atoms with E-state index < -0.39 is 5.66 Å². The molecule has 0 aromatic heterocycles. The fourth-order valence-corrected chi connectivity index (χ4v) is 4.22. The van der Waals surface area contributed by atoms with Gasteiger partial charge in [0.15, 0.2) is 11.9 Å². The van der Waals surface area contributed by atoms with Crippen LogP contribution in [0.3, 0.4) is 0 Å². The van der Waals surface area contributed by atoms with E-state index >= 15 is 0 Å². The van der Waals surface area contributed by atoms with Crippen LogP contribution in [0.5, 0.6) is 0 Å². The molecule has 1 atom stereocenters. The van der Waals surface area contributed by atoms with Gasteiger partial charge in [0.25, 0.3) is 0 Å². The first-order valence-corrected chi connectivity index (χ1v) is 9.92. The van der Waals surface area contributed by atoms with Crippen LogP contribution in [0, 0.1) is 0 Å². The molecule has 1 heterocycles. The van der Waals surface area contributed by atoms with Crippen molar-refractivity contribution in [2.24, 2.45) is 5.73 Å². The molecule has 1 aliphatic rings. The normalized spacial score (nSPS) is 17.8. The number of nitrogens with two attached hydrogens (primary N) is 1. The van der Waals surface area contributed by atoms with Gasteiger partial charge in [-0.05, 0) is 41.0 Å². The van der Waals surface area contributed by atoms with Gasteiger partial charge in [0.1, 0.15) is 0 Å². The molecule has 2 N–H and O–H groups in total. The second-order valence-corrected chi connectivity index (χ2v) is 7.56. The summed E-state index contributed by atoms with van der Waals surface area (Å²) < 4.78 is 0. The molecule has 3 aromatic carbocycles. The molecule has 0 radical (unpaired) electrons. The molecule has 0 spiro atoms. The standard InChI is InChI=1S/C25H26N2O/c26-25(19-28,24-12-5-2-6-13-24)27-16-14-21(15-17-27)23-11-7-10-22(18-23)20-8-3-1-4-9-20/h1-13,18-19,21H,14-17,26H2. The summed E-state index contributed by atoms with van der Waals surface area (Å²) in [6, 6.07) is 29.0. The van der Waals surface area contributed by atoms with Crippen LogP contribution in [-0.2, 0) is 10.5 Å². The van der Waals surface area contributed by atoms with Gasteiger partial charge in [-0.15, -0.1) is 0 Å². The van der Waals surface area contributed by atoms with Crippen LogP contribution in [0.1, 0.15) is 29.9 Å². The zero-order chi connectivity index (χ0) is 19.4. The van der Waals surface area contributed by atoms with Crippen molar-refractivity contribution in [3.8, 4) is 11.1 Å². The lowest BCUT2D eigenvalue weighted by atomic mass is 9.86. The third-order valence-corrected chi connectivity index (χ3v) is 5.90. The van der Waals surface area contributed by atoms with E-state index in [9.17, 15) is 4.79 Å². The molecule has 4 rings (SSSR count). The maximum absolute atomic E-state index is 11.9. The highest BCUT2D eigenvalue weighted by Gasteiger charge is 2.36. The minimum Gasteiger partial charge on any atom is -0.303 e. The zero-order valence-electron chi connectivity index (χ0n) is 16.0. The lowest BCUT2D eigenvalue weighted by Gasteiger charge is -2.41. The summed E-state index contributed by atoms with van der Waals surface area (Å²) in [5.41, 5.74) is 10.2. The quantitative estimate of drug-likeness (QED) is 0.671. The summed E-state index contributed by atoms with van der Waals surface area (Å²) in [5.74, 6) is 0.492. The Morgan fingerprint density at radius 3 is 2.07 bits per heavy atom. The second kappa shape index (κ2) is 8.09. The van der Waals surface area contributed by atoms with Crippen LogP contribution in [0.25, 0.3) is 11.1 Å². The minimum absolute atomic E-state index is 0.492. The van der Waals surface area contributed by atoms with E-state index in [0.29, 0.717) is 5.92 Å². The molecule has 0 saturated carbocycles. The Balaban J connectivity index is 1.49. The van der Waals surface area contributed by atoms with Gasteiger partial charge < -0.3 is 5.73 Å². The van der Waals surface area contributed by atoms with Gasteiger partial charge in [-0.25, -0.2) is 0 Å². The van der Waals surface area contributed by atoms with E-state index in [1.807, 2.05) is 36.4 Å². The molecule has 1 aliphatic heterocycles. The van der Waals surface area contributed by atoms with Gasteiger partial charge in [0.2, 0.25) is 0 Å². The maximum Gasteiger partial charge on any atom is 0.159 e. The average Bonchev–Trinajstić information content (AvgIpc) is 2.80. The van der Waals surface area contributed by atoms with E-state index in [1.165, 1.54) is 16.7 Å². The predicted molar refractivity (Wildman–Crippen MR) is 114 cm³/mol. The monoisotopic (exact) mass is 370 g/mol. The van der Waals surface area contributed by atoms with Crippen molar-refractivity contribution < 1.29 is 4.79 Å². The first kappa shape index (κ1) is 18.6. The van der Waals surface area contributed by atoms with Crippen molar-refractivity contribution >= 4 is 6.29 Å². The van der Waals surface area contributed by atoms with Crippen molar-refractivity contribution in [2.75, 3.05) is 13.1 Å². The lowest BCUT2D eigenvalue weighted by molar-refractivity contribution is -0.120. The van der Waals surface area contributed by atoms with Gasteiger partial charge in [0.05, 0.1) is 0 Å². The topological polar surface area (TPSA) is 46.3 Å². The first-order chi connectivity index (χ1) is 13.7. The number of likely N-dealkylation sites (tertiary alicyclic amines) is 1. The van der Waals surface area contributed by atoms with E-state index in [1.54, 1.807) is 0 Å². The predicted octanol–water partition coefficient (Wildman–Crippen LogP) is 4.54. The van der Waals surface area contributed by atoms with Gasteiger partial charge in [-0.2, -0.15) is 0 Å². The largest absolute Gasteiger partial charge is 0.303 e. The Labute approximate surface area is 166 Å². The number of carbonyl (C=O) groups excluding carboxylic acids is 1. The molecule has 3 nitrogen and oxygen atoms in total. The van der Waals surface area contributed by atoms with Crippen LogP contribution in [0.4, 0.5) is 0 Å². The van der Waals surface area contributed by atoms with Crippen LogP contribution < -0.4 is 5.73 Å². The maximum atomic E-state index is 11.9. The highest BCUT2D eigenvalue weighted by atomic mass is 16.1. The summed E-state index contributed by atoms with van der Waals surface area (Å²) in [4.78, 5) is 14.0. The first-order valence-electron chi connectivity index (χ1n) is 9.92. The Hall–Kier alpha value is -2.75. The fraction of sp³-hybridized carbons (Fsp3) is 0.240. The third-order valence-electron chi connectivity index (χ3n) is 5.90. The Morgan fingerprint density at radius 2 is 1.43 bits per heavy atom. The number of rotatable bonds is 5. The molecule has 28 heavy (non-hydrogen) atoms. The minimum atomic E-state index is -1.04. The zero-order valence-corrected chi connectivity index (χ0v) is 16.0. The summed E-state index contributed by atoms with van der Waals surface area (Å²) in [7, 11) is 0. The van der Waals surface area contributed by atoms with E-state index in [0.717, 1.165) is 37.8 Å². The number of piperidine rings is 1. The second-order valence-electron chi connectivity index (χ2n) is 7.56. The smallest absolute Gasteiger partial charge is 0.159 e. The number of hydrogen-bond donors (Lipinski definition) is 1. The Bertz CT molecular complexity index is 918. The Morgan fingerprint density at radius 1 is 0.821 bits per heavy atom. The van der Waals surface area contributed by atoms with Crippen molar-refractivity contribution in [3.05, 3.63) is 96.1 Å². The summed E-state index contributed by atoms with van der Waals surface area (Å²) in [6.07, 6.45) is 2.88. The van der Waals surface area contributed by atoms with Gasteiger partial charge >= 0.3 is 0 Å². The lowest BCUT2D eigenvalue weighted by Crippen LogP contribution is -2.56. The summed E-state index contributed by atoms with van der Waals surface area (Å²) in [5, 5.41) is 0. The molecule has 142 valence electrons. The van der Waals surface area contributed by atoms with Gasteiger partial charge in [0, 0.05) is 13.1 Å². The van der Waals surface area contributed by atoms with Crippen LogP contribution >= 0.6 is 0 Å². The van der Waals surface area contributed by atoms with Crippen LogP contribution in [-0.4, -0.2) is 24.3 Å². The highest BCUT2D eigenvalue weighted by Crippen LogP contribution is 2.34. The van der Waals surface area contributed by atoms with Crippen molar-refractivity contribution in [2.45, 2.75) is 24.4 Å². The molecular formula is C25H26N2O. The molecular weight excluding hydrogens is 344 g/mol. The van der Waals surface area contributed by atoms with Crippen LogP contribution in [0.2, 0.25) is 0 Å². The van der Waals surface area contributed by atoms with Gasteiger partial charge in [-0.3, -0.25) is 9.69 Å². The Kier molecular flexibility index (Phi) is 5.38. The number of carbonyl (C=O) groups is 1. The molecule has 3 heteroatoms. The van der Waals surface area contributed by atoms with Crippen molar-refractivity contribution in [1.82, 2.24) is 4.90 Å². The van der Waals surface area contributed by atoms with E-state index in [4.69, 9.17) is 5.73 Å². The molecule has 1 fully saturated rings. The van der Waals surface area contributed by atoms with E-state index in [2.05, 4.69) is 53.4 Å².